The van der Waals surface area contributed by atoms with E-state index in [0.29, 0.717) is 19.0 Å². The Balaban J connectivity index is 1.99. The Morgan fingerprint density at radius 1 is 1.14 bits per heavy atom. The molecule has 21 heavy (non-hydrogen) atoms. The van der Waals surface area contributed by atoms with Gasteiger partial charge in [-0.1, -0.05) is 24.3 Å². The highest BCUT2D eigenvalue weighted by Gasteiger charge is 2.05. The lowest BCUT2D eigenvalue weighted by Crippen LogP contribution is -2.16. The zero-order valence-electron chi connectivity index (χ0n) is 12.2. The highest BCUT2D eigenvalue weighted by atomic mass is 16.5. The fourth-order valence-corrected chi connectivity index (χ4v) is 2.06. The molecule has 0 radical (unpaired) electrons. The van der Waals surface area contributed by atoms with Gasteiger partial charge in [-0.2, -0.15) is 0 Å². The van der Waals surface area contributed by atoms with Gasteiger partial charge in [-0.25, -0.2) is 4.98 Å². The van der Waals surface area contributed by atoms with Gasteiger partial charge in [0.15, 0.2) is 0 Å². The van der Waals surface area contributed by atoms with Gasteiger partial charge in [0, 0.05) is 37.5 Å². The van der Waals surface area contributed by atoms with E-state index in [4.69, 9.17) is 4.74 Å². The van der Waals surface area contributed by atoms with E-state index < -0.39 is 0 Å². The Labute approximate surface area is 124 Å². The third-order valence-electron chi connectivity index (χ3n) is 3.00. The monoisotopic (exact) mass is 285 g/mol. The summed E-state index contributed by atoms with van der Waals surface area (Å²) in [7, 11) is 1.61. The van der Waals surface area contributed by atoms with E-state index in [2.05, 4.69) is 15.6 Å². The lowest BCUT2D eigenvalue weighted by atomic mass is 10.1. The number of para-hydroxylation sites is 1. The van der Waals surface area contributed by atoms with Crippen molar-refractivity contribution in [3.05, 3.63) is 53.7 Å². The second-order valence-corrected chi connectivity index (χ2v) is 4.61. The van der Waals surface area contributed by atoms with Crippen molar-refractivity contribution in [2.45, 2.75) is 20.0 Å². The molecule has 110 valence electrons. The standard InChI is InChI=1S/C16H19N3O2/c1-12(20)19-15-8-4-3-6-13(15)10-17-11-14-7-5-9-18-16(14)21-2/h3-9,17H,10-11H2,1-2H3,(H,19,20). The van der Waals surface area contributed by atoms with Crippen molar-refractivity contribution < 1.29 is 9.53 Å². The molecule has 0 unspecified atom stereocenters. The smallest absolute Gasteiger partial charge is 0.221 e. The minimum atomic E-state index is -0.0728. The average molecular weight is 285 g/mol. The van der Waals surface area contributed by atoms with Crippen molar-refractivity contribution in [3.63, 3.8) is 0 Å². The fourth-order valence-electron chi connectivity index (χ4n) is 2.06. The molecule has 2 aromatic rings. The van der Waals surface area contributed by atoms with Gasteiger partial charge >= 0.3 is 0 Å². The summed E-state index contributed by atoms with van der Waals surface area (Å²) >= 11 is 0. The van der Waals surface area contributed by atoms with Gasteiger partial charge in [-0.3, -0.25) is 4.79 Å². The van der Waals surface area contributed by atoms with Crippen LogP contribution in [0.2, 0.25) is 0 Å². The van der Waals surface area contributed by atoms with Crippen molar-refractivity contribution in [1.29, 1.82) is 0 Å². The third kappa shape index (κ3) is 4.29. The summed E-state index contributed by atoms with van der Waals surface area (Å²) in [6.07, 6.45) is 1.70. The van der Waals surface area contributed by atoms with E-state index in [9.17, 15) is 4.79 Å². The van der Waals surface area contributed by atoms with Gasteiger partial charge in [0.05, 0.1) is 7.11 Å². The molecule has 0 aliphatic carbocycles. The number of amides is 1. The van der Waals surface area contributed by atoms with Gasteiger partial charge in [-0.05, 0) is 17.7 Å². The molecule has 2 rings (SSSR count). The molecular weight excluding hydrogens is 266 g/mol. The number of nitrogens with one attached hydrogen (secondary N) is 2. The van der Waals surface area contributed by atoms with Crippen LogP contribution in [0.15, 0.2) is 42.6 Å². The maximum atomic E-state index is 11.2. The second kappa shape index (κ2) is 7.40. The molecule has 0 spiro atoms. The van der Waals surface area contributed by atoms with Gasteiger partial charge in [0.2, 0.25) is 11.8 Å². The molecule has 0 atom stereocenters. The molecule has 1 aromatic carbocycles. The van der Waals surface area contributed by atoms with Crippen LogP contribution < -0.4 is 15.4 Å². The molecule has 1 amide bonds. The normalized spacial score (nSPS) is 10.2. The minimum Gasteiger partial charge on any atom is -0.481 e. The Morgan fingerprint density at radius 3 is 2.62 bits per heavy atom. The van der Waals surface area contributed by atoms with Crippen LogP contribution in [0.1, 0.15) is 18.1 Å². The van der Waals surface area contributed by atoms with Gasteiger partial charge < -0.3 is 15.4 Å². The Morgan fingerprint density at radius 2 is 1.86 bits per heavy atom. The van der Waals surface area contributed by atoms with Gasteiger partial charge in [0.25, 0.3) is 0 Å². The van der Waals surface area contributed by atoms with Crippen molar-refractivity contribution in [1.82, 2.24) is 10.3 Å². The van der Waals surface area contributed by atoms with E-state index in [-0.39, 0.29) is 5.91 Å². The van der Waals surface area contributed by atoms with Crippen molar-refractivity contribution in [2.75, 3.05) is 12.4 Å². The number of hydrogen-bond donors (Lipinski definition) is 2. The molecule has 0 saturated heterocycles. The van der Waals surface area contributed by atoms with Crippen LogP contribution in [-0.2, 0) is 17.9 Å². The number of rotatable bonds is 6. The van der Waals surface area contributed by atoms with Crippen LogP contribution in [0.5, 0.6) is 5.88 Å². The summed E-state index contributed by atoms with van der Waals surface area (Å²) in [6.45, 7) is 2.80. The lowest BCUT2D eigenvalue weighted by Gasteiger charge is -2.12. The molecule has 1 aromatic heterocycles. The first-order valence-corrected chi connectivity index (χ1v) is 6.75. The number of nitrogens with zero attached hydrogens (tertiary/aromatic N) is 1. The number of pyridine rings is 1. The second-order valence-electron chi connectivity index (χ2n) is 4.61. The predicted molar refractivity (Wildman–Crippen MR) is 82.1 cm³/mol. The van der Waals surface area contributed by atoms with Crippen LogP contribution in [0.3, 0.4) is 0 Å². The maximum Gasteiger partial charge on any atom is 0.221 e. The number of hydrogen-bond acceptors (Lipinski definition) is 4. The van der Waals surface area contributed by atoms with Gasteiger partial charge in [-0.15, -0.1) is 0 Å². The first-order chi connectivity index (χ1) is 10.2. The van der Waals surface area contributed by atoms with E-state index in [1.165, 1.54) is 6.92 Å². The molecule has 0 aliphatic rings. The number of anilines is 1. The summed E-state index contributed by atoms with van der Waals surface area (Å²) < 4.78 is 5.22. The summed E-state index contributed by atoms with van der Waals surface area (Å²) in [5.74, 6) is 0.552. The highest BCUT2D eigenvalue weighted by Crippen LogP contribution is 2.16. The first kappa shape index (κ1) is 15.0. The van der Waals surface area contributed by atoms with Crippen LogP contribution in [0.4, 0.5) is 5.69 Å². The molecule has 0 bridgehead atoms. The van der Waals surface area contributed by atoms with Crippen LogP contribution in [-0.4, -0.2) is 18.0 Å². The van der Waals surface area contributed by atoms with Crippen LogP contribution in [0.25, 0.3) is 0 Å². The number of benzene rings is 1. The minimum absolute atomic E-state index is 0.0728. The predicted octanol–water partition coefficient (Wildman–Crippen LogP) is 2.34. The van der Waals surface area contributed by atoms with Crippen molar-refractivity contribution in [3.8, 4) is 5.88 Å². The lowest BCUT2D eigenvalue weighted by molar-refractivity contribution is -0.114. The van der Waals surface area contributed by atoms with E-state index in [1.807, 2.05) is 36.4 Å². The molecule has 5 heteroatoms. The number of carbonyl (C=O) groups is 1. The summed E-state index contributed by atoms with van der Waals surface area (Å²) in [5, 5.41) is 6.16. The van der Waals surface area contributed by atoms with E-state index >= 15 is 0 Å². The summed E-state index contributed by atoms with van der Waals surface area (Å²) in [4.78, 5) is 15.3. The summed E-state index contributed by atoms with van der Waals surface area (Å²) in [5.41, 5.74) is 2.86. The Bertz CT molecular complexity index is 614. The van der Waals surface area contributed by atoms with Crippen LogP contribution in [0, 0.1) is 0 Å². The molecule has 0 fully saturated rings. The average Bonchev–Trinajstić information content (AvgIpc) is 2.49. The zero-order chi connectivity index (χ0) is 15.1. The molecule has 0 saturated carbocycles. The topological polar surface area (TPSA) is 63.2 Å². The molecule has 5 nitrogen and oxygen atoms in total. The van der Waals surface area contributed by atoms with Gasteiger partial charge in [0.1, 0.15) is 0 Å². The fraction of sp³-hybridized carbons (Fsp3) is 0.250. The number of methoxy groups -OCH3 is 1. The van der Waals surface area contributed by atoms with Crippen LogP contribution >= 0.6 is 0 Å². The Kier molecular flexibility index (Phi) is 5.29. The molecular formula is C16H19N3O2. The van der Waals surface area contributed by atoms with Crippen molar-refractivity contribution in [2.24, 2.45) is 0 Å². The molecule has 2 N–H and O–H groups in total. The quantitative estimate of drug-likeness (QED) is 0.855. The number of ether oxygens (including phenoxy) is 1. The van der Waals surface area contributed by atoms with E-state index in [0.717, 1.165) is 16.8 Å². The number of aromatic nitrogens is 1. The largest absolute Gasteiger partial charge is 0.481 e. The number of carbonyl (C=O) groups excluding carboxylic acids is 1. The molecule has 1 heterocycles. The SMILES string of the molecule is COc1ncccc1CNCc1ccccc1NC(C)=O. The third-order valence-corrected chi connectivity index (χ3v) is 3.00. The summed E-state index contributed by atoms with van der Waals surface area (Å²) in [6, 6.07) is 11.6. The zero-order valence-corrected chi connectivity index (χ0v) is 12.2. The van der Waals surface area contributed by atoms with E-state index in [1.54, 1.807) is 13.3 Å². The Hall–Kier alpha value is -2.40. The van der Waals surface area contributed by atoms with Crippen molar-refractivity contribution >= 4 is 11.6 Å². The molecule has 0 aliphatic heterocycles. The highest BCUT2D eigenvalue weighted by molar-refractivity contribution is 5.89. The maximum absolute atomic E-state index is 11.2. The first-order valence-electron chi connectivity index (χ1n) is 6.75.